The van der Waals surface area contributed by atoms with Gasteiger partial charge >= 0.3 is 0 Å². The number of hydrogen-bond acceptors (Lipinski definition) is 2. The van der Waals surface area contributed by atoms with Crippen molar-refractivity contribution >= 4 is 5.91 Å². The van der Waals surface area contributed by atoms with Gasteiger partial charge in [-0.15, -0.1) is 0 Å². The molecule has 0 aromatic heterocycles. The van der Waals surface area contributed by atoms with Crippen LogP contribution in [0.15, 0.2) is 18.2 Å². The molecule has 1 atom stereocenters. The van der Waals surface area contributed by atoms with Crippen LogP contribution in [0.3, 0.4) is 0 Å². The van der Waals surface area contributed by atoms with Crippen LogP contribution < -0.4 is 5.32 Å². The Hall–Kier alpha value is -1.35. The first-order valence-corrected chi connectivity index (χ1v) is 9.60. The number of rotatable bonds is 4. The Morgan fingerprint density at radius 1 is 1.21 bits per heavy atom. The van der Waals surface area contributed by atoms with Gasteiger partial charge in [0.1, 0.15) is 0 Å². The van der Waals surface area contributed by atoms with Gasteiger partial charge in [-0.1, -0.05) is 37.6 Å². The zero-order valence-corrected chi connectivity index (χ0v) is 15.3. The fourth-order valence-electron chi connectivity index (χ4n) is 5.35. The molecule has 3 nitrogen and oxygen atoms in total. The summed E-state index contributed by atoms with van der Waals surface area (Å²) in [6.45, 7) is 8.03. The molecule has 130 valence electrons. The third kappa shape index (κ3) is 2.67. The summed E-state index contributed by atoms with van der Waals surface area (Å²) < 4.78 is 0. The Labute approximate surface area is 145 Å². The van der Waals surface area contributed by atoms with Gasteiger partial charge in [-0.2, -0.15) is 0 Å². The number of carbonyl (C=O) groups is 1. The van der Waals surface area contributed by atoms with Crippen molar-refractivity contribution in [2.75, 3.05) is 0 Å². The SMILES string of the molecule is Cc1ccc2c(c1)CN(C(=O)C(NC(C)C)C13CCC(CC1)C3)C2. The number of nitrogens with one attached hydrogen (secondary N) is 1. The molecule has 24 heavy (non-hydrogen) atoms. The van der Waals surface area contributed by atoms with Gasteiger partial charge in [-0.3, -0.25) is 4.79 Å². The van der Waals surface area contributed by atoms with Crippen LogP contribution in [0.2, 0.25) is 0 Å². The Morgan fingerprint density at radius 2 is 1.92 bits per heavy atom. The lowest BCUT2D eigenvalue weighted by molar-refractivity contribution is -0.138. The fourth-order valence-corrected chi connectivity index (χ4v) is 5.35. The Morgan fingerprint density at radius 3 is 2.54 bits per heavy atom. The van der Waals surface area contributed by atoms with Gasteiger partial charge in [0.15, 0.2) is 0 Å². The minimum atomic E-state index is 0.000379. The molecule has 0 saturated heterocycles. The fraction of sp³-hybridized carbons (Fsp3) is 0.667. The maximum Gasteiger partial charge on any atom is 0.240 e. The molecule has 2 fully saturated rings. The van der Waals surface area contributed by atoms with E-state index in [2.05, 4.69) is 49.2 Å². The lowest BCUT2D eigenvalue weighted by Gasteiger charge is -2.38. The highest BCUT2D eigenvalue weighted by molar-refractivity contribution is 5.83. The van der Waals surface area contributed by atoms with Gasteiger partial charge < -0.3 is 10.2 Å². The summed E-state index contributed by atoms with van der Waals surface area (Å²) in [4.78, 5) is 15.6. The van der Waals surface area contributed by atoms with E-state index in [1.807, 2.05) is 0 Å². The third-order valence-corrected chi connectivity index (χ3v) is 6.55. The van der Waals surface area contributed by atoms with Crippen LogP contribution >= 0.6 is 0 Å². The number of hydrogen-bond donors (Lipinski definition) is 1. The average Bonchev–Trinajstić information content (AvgIpc) is 3.25. The second kappa shape index (κ2) is 5.87. The molecule has 1 heterocycles. The second-order valence-corrected chi connectivity index (χ2v) is 8.73. The van der Waals surface area contributed by atoms with Gasteiger partial charge in [0, 0.05) is 19.1 Å². The number of nitrogens with zero attached hydrogens (tertiary/aromatic N) is 1. The van der Waals surface area contributed by atoms with E-state index in [9.17, 15) is 4.79 Å². The van der Waals surface area contributed by atoms with Crippen molar-refractivity contribution in [3.63, 3.8) is 0 Å². The Bertz CT molecular complexity index is 643. The lowest BCUT2D eigenvalue weighted by Crippen LogP contribution is -2.55. The number of amides is 1. The highest BCUT2D eigenvalue weighted by atomic mass is 16.2. The molecule has 0 radical (unpaired) electrons. The largest absolute Gasteiger partial charge is 0.333 e. The molecule has 1 N–H and O–H groups in total. The molecule has 1 aromatic carbocycles. The van der Waals surface area contributed by atoms with Crippen LogP contribution in [0, 0.1) is 18.3 Å². The maximum atomic E-state index is 13.5. The maximum absolute atomic E-state index is 13.5. The molecule has 1 amide bonds. The quantitative estimate of drug-likeness (QED) is 0.913. The van der Waals surface area contributed by atoms with E-state index in [0.29, 0.717) is 11.9 Å². The van der Waals surface area contributed by atoms with Crippen molar-refractivity contribution in [2.45, 2.75) is 78.0 Å². The van der Waals surface area contributed by atoms with Gasteiger partial charge in [0.05, 0.1) is 6.04 Å². The zero-order chi connectivity index (χ0) is 16.9. The zero-order valence-electron chi connectivity index (χ0n) is 15.3. The molecule has 1 aromatic rings. The monoisotopic (exact) mass is 326 g/mol. The van der Waals surface area contributed by atoms with Crippen LogP contribution in [-0.4, -0.2) is 22.9 Å². The molecule has 4 rings (SSSR count). The van der Waals surface area contributed by atoms with E-state index in [-0.39, 0.29) is 11.5 Å². The summed E-state index contributed by atoms with van der Waals surface area (Å²) in [5, 5.41) is 3.66. The van der Waals surface area contributed by atoms with E-state index < -0.39 is 0 Å². The second-order valence-electron chi connectivity index (χ2n) is 8.73. The van der Waals surface area contributed by atoms with Crippen molar-refractivity contribution in [1.82, 2.24) is 10.2 Å². The number of benzene rings is 1. The van der Waals surface area contributed by atoms with E-state index >= 15 is 0 Å². The standard InChI is InChI=1S/C21H30N2O/c1-14(2)22-19(21-8-6-16(11-21)7-9-21)20(24)23-12-17-5-4-15(3)10-18(17)13-23/h4-5,10,14,16,19,22H,6-9,11-13H2,1-3H3. The van der Waals surface area contributed by atoms with Crippen LogP contribution in [0.1, 0.15) is 62.6 Å². The molecule has 1 aliphatic heterocycles. The van der Waals surface area contributed by atoms with Gasteiger partial charge in [-0.05, 0) is 61.5 Å². The summed E-state index contributed by atoms with van der Waals surface area (Å²) in [5.74, 6) is 1.20. The predicted octanol–water partition coefficient (Wildman–Crippen LogP) is 3.78. The van der Waals surface area contributed by atoms with Crippen molar-refractivity contribution in [3.05, 3.63) is 34.9 Å². The molecular formula is C21H30N2O. The topological polar surface area (TPSA) is 32.3 Å². The van der Waals surface area contributed by atoms with Crippen LogP contribution in [0.4, 0.5) is 0 Å². The van der Waals surface area contributed by atoms with E-state index in [0.717, 1.165) is 19.0 Å². The normalized spacial score (nSPS) is 29.3. The average molecular weight is 326 g/mol. The van der Waals surface area contributed by atoms with Crippen molar-refractivity contribution < 1.29 is 4.79 Å². The van der Waals surface area contributed by atoms with Crippen molar-refractivity contribution in [2.24, 2.45) is 11.3 Å². The van der Waals surface area contributed by atoms with Crippen molar-refractivity contribution in [3.8, 4) is 0 Å². The molecule has 1 unspecified atom stereocenters. The number of fused-ring (bicyclic) bond motifs is 3. The summed E-state index contributed by atoms with van der Waals surface area (Å²) in [7, 11) is 0. The Balaban J connectivity index is 1.56. The van der Waals surface area contributed by atoms with E-state index in [1.165, 1.54) is 48.8 Å². The first-order chi connectivity index (χ1) is 11.5. The minimum Gasteiger partial charge on any atom is -0.333 e. The highest BCUT2D eigenvalue weighted by Crippen LogP contribution is 2.56. The first-order valence-electron chi connectivity index (χ1n) is 9.60. The van der Waals surface area contributed by atoms with Crippen LogP contribution in [0.25, 0.3) is 0 Å². The molecular weight excluding hydrogens is 296 g/mol. The van der Waals surface area contributed by atoms with Gasteiger partial charge in [0.25, 0.3) is 0 Å². The highest BCUT2D eigenvalue weighted by Gasteiger charge is 2.53. The van der Waals surface area contributed by atoms with Gasteiger partial charge in [-0.25, -0.2) is 0 Å². The molecule has 2 aliphatic carbocycles. The third-order valence-electron chi connectivity index (χ3n) is 6.55. The summed E-state index contributed by atoms with van der Waals surface area (Å²) in [5.41, 5.74) is 4.16. The summed E-state index contributed by atoms with van der Waals surface area (Å²) >= 11 is 0. The minimum absolute atomic E-state index is 0.000379. The molecule has 3 heteroatoms. The van der Waals surface area contributed by atoms with Crippen LogP contribution in [0.5, 0.6) is 0 Å². The molecule has 2 saturated carbocycles. The number of carbonyl (C=O) groups excluding carboxylic acids is 1. The molecule has 2 bridgehead atoms. The van der Waals surface area contributed by atoms with Crippen LogP contribution in [-0.2, 0) is 17.9 Å². The predicted molar refractivity (Wildman–Crippen MR) is 96.5 cm³/mol. The number of aryl methyl sites for hydroxylation is 1. The summed E-state index contributed by atoms with van der Waals surface area (Å²) in [6.07, 6.45) is 6.36. The first kappa shape index (κ1) is 16.1. The van der Waals surface area contributed by atoms with E-state index in [1.54, 1.807) is 0 Å². The van der Waals surface area contributed by atoms with E-state index in [4.69, 9.17) is 0 Å². The van der Waals surface area contributed by atoms with Gasteiger partial charge in [0.2, 0.25) is 5.91 Å². The molecule has 3 aliphatic rings. The Kier molecular flexibility index (Phi) is 3.95. The summed E-state index contributed by atoms with van der Waals surface area (Å²) in [6, 6.07) is 6.95. The molecule has 0 spiro atoms. The lowest BCUT2D eigenvalue weighted by atomic mass is 9.76. The smallest absolute Gasteiger partial charge is 0.240 e. The van der Waals surface area contributed by atoms with Crippen molar-refractivity contribution in [1.29, 1.82) is 0 Å².